The molecule has 2 aliphatic rings. The summed E-state index contributed by atoms with van der Waals surface area (Å²) in [4.78, 5) is 24.6. The second kappa shape index (κ2) is 6.47. The van der Waals surface area contributed by atoms with Crippen LogP contribution in [0.4, 0.5) is 0 Å². The van der Waals surface area contributed by atoms with Gasteiger partial charge in [-0.25, -0.2) is 0 Å². The molecule has 2 unspecified atom stereocenters. The Hall–Kier alpha value is -3.16. The average Bonchev–Trinajstić information content (AvgIpc) is 3.07. The number of carbonyl (C=O) groups is 1. The van der Waals surface area contributed by atoms with Crippen LogP contribution in [-0.2, 0) is 4.79 Å². The van der Waals surface area contributed by atoms with E-state index in [1.165, 1.54) is 12.8 Å². The third-order valence-corrected chi connectivity index (χ3v) is 5.31. The van der Waals surface area contributed by atoms with Gasteiger partial charge in [0.1, 0.15) is 5.69 Å². The van der Waals surface area contributed by atoms with E-state index in [1.54, 1.807) is 6.92 Å². The maximum Gasteiger partial charge on any atom is 0.286 e. The molecular weight excluding hydrogens is 356 g/mol. The van der Waals surface area contributed by atoms with Crippen molar-refractivity contribution in [2.24, 2.45) is 10.9 Å². The smallest absolute Gasteiger partial charge is 0.286 e. The molecule has 8 heteroatoms. The second-order valence-electron chi connectivity index (χ2n) is 7.69. The van der Waals surface area contributed by atoms with Crippen molar-refractivity contribution in [2.45, 2.75) is 38.8 Å². The molecule has 3 heterocycles. The molecule has 1 saturated carbocycles. The number of rotatable bonds is 5. The number of carbonyl (C=O) groups excluding carboxylic acids is 1. The molecule has 1 amide bonds. The number of hydrogen-bond acceptors (Lipinski definition) is 6. The lowest BCUT2D eigenvalue weighted by Crippen LogP contribution is -2.41. The van der Waals surface area contributed by atoms with Gasteiger partial charge in [-0.3, -0.25) is 9.79 Å². The molecule has 5 rings (SSSR count). The van der Waals surface area contributed by atoms with Crippen molar-refractivity contribution in [1.29, 1.82) is 0 Å². The van der Waals surface area contributed by atoms with Gasteiger partial charge in [0.05, 0.1) is 12.1 Å². The van der Waals surface area contributed by atoms with E-state index in [1.807, 2.05) is 25.1 Å². The number of fused-ring (bicyclic) bond motifs is 1. The standard InChI is InChI=1S/C20H22N6O2/c1-10-17(25-18(22-10)19(27)21-9-12-3-4-12)13-5-6-15-14(7-13)8-16(24-15)20-23-11(2)26-28-20/h5-8,10,12,17,24H,3-4,9H2,1-2H3,(H,21,27)(H,22,25). The number of H-pyrrole nitrogens is 1. The van der Waals surface area contributed by atoms with E-state index in [2.05, 4.69) is 36.8 Å². The number of amidine groups is 1. The summed E-state index contributed by atoms with van der Waals surface area (Å²) < 4.78 is 5.24. The summed E-state index contributed by atoms with van der Waals surface area (Å²) in [6.07, 6.45) is 2.42. The van der Waals surface area contributed by atoms with Crippen molar-refractivity contribution in [2.75, 3.05) is 6.54 Å². The number of hydrogen-bond donors (Lipinski definition) is 3. The molecule has 144 valence electrons. The molecule has 0 bridgehead atoms. The zero-order chi connectivity index (χ0) is 19.3. The Bertz CT molecular complexity index is 1080. The Morgan fingerprint density at radius 2 is 2.18 bits per heavy atom. The first-order valence-electron chi connectivity index (χ1n) is 9.63. The van der Waals surface area contributed by atoms with Crippen LogP contribution >= 0.6 is 0 Å². The van der Waals surface area contributed by atoms with Gasteiger partial charge < -0.3 is 20.1 Å². The zero-order valence-corrected chi connectivity index (χ0v) is 15.8. The van der Waals surface area contributed by atoms with Gasteiger partial charge in [0.2, 0.25) is 0 Å². The number of benzene rings is 1. The van der Waals surface area contributed by atoms with Crippen molar-refractivity contribution in [3.05, 3.63) is 35.7 Å². The summed E-state index contributed by atoms with van der Waals surface area (Å²) >= 11 is 0. The Kier molecular flexibility index (Phi) is 3.92. The fourth-order valence-corrected chi connectivity index (χ4v) is 3.57. The molecule has 0 spiro atoms. The van der Waals surface area contributed by atoms with Gasteiger partial charge in [-0.2, -0.15) is 4.98 Å². The lowest BCUT2D eigenvalue weighted by atomic mass is 10.0. The van der Waals surface area contributed by atoms with E-state index in [0.717, 1.165) is 28.7 Å². The second-order valence-corrected chi connectivity index (χ2v) is 7.69. The number of aliphatic imine (C=N–C) groups is 1. The maximum absolute atomic E-state index is 12.3. The molecule has 3 N–H and O–H groups in total. The van der Waals surface area contributed by atoms with Crippen LogP contribution in [0.2, 0.25) is 0 Å². The van der Waals surface area contributed by atoms with Crippen molar-refractivity contribution >= 4 is 22.6 Å². The summed E-state index contributed by atoms with van der Waals surface area (Å²) in [6.45, 7) is 4.58. The van der Waals surface area contributed by atoms with E-state index in [0.29, 0.717) is 23.5 Å². The minimum absolute atomic E-state index is 0.0520. The van der Waals surface area contributed by atoms with E-state index >= 15 is 0 Å². The summed E-state index contributed by atoms with van der Waals surface area (Å²) in [7, 11) is 0. The fourth-order valence-electron chi connectivity index (χ4n) is 3.57. The fraction of sp³-hybridized carbons (Fsp3) is 0.400. The van der Waals surface area contributed by atoms with Crippen LogP contribution in [0.5, 0.6) is 0 Å². The van der Waals surface area contributed by atoms with Crippen molar-refractivity contribution < 1.29 is 9.32 Å². The Labute approximate surface area is 161 Å². The predicted molar refractivity (Wildman–Crippen MR) is 105 cm³/mol. The molecule has 1 aliphatic heterocycles. The topological polar surface area (TPSA) is 108 Å². The normalized spacial score (nSPS) is 21.6. The number of nitrogens with zero attached hydrogens (tertiary/aromatic N) is 3. The number of aryl methyl sites for hydroxylation is 1. The lowest BCUT2D eigenvalue weighted by Gasteiger charge is -2.14. The summed E-state index contributed by atoms with van der Waals surface area (Å²) in [5.41, 5.74) is 2.83. The van der Waals surface area contributed by atoms with Gasteiger partial charge in [-0.15, -0.1) is 0 Å². The minimum atomic E-state index is -0.113. The van der Waals surface area contributed by atoms with Crippen LogP contribution in [0.25, 0.3) is 22.5 Å². The van der Waals surface area contributed by atoms with Crippen LogP contribution in [0, 0.1) is 12.8 Å². The monoisotopic (exact) mass is 378 g/mol. The van der Waals surface area contributed by atoms with Crippen LogP contribution in [-0.4, -0.2) is 39.5 Å². The molecule has 8 nitrogen and oxygen atoms in total. The van der Waals surface area contributed by atoms with Crippen LogP contribution < -0.4 is 10.6 Å². The highest BCUT2D eigenvalue weighted by Crippen LogP contribution is 2.31. The van der Waals surface area contributed by atoms with Gasteiger partial charge >= 0.3 is 0 Å². The molecule has 28 heavy (non-hydrogen) atoms. The summed E-state index contributed by atoms with van der Waals surface area (Å²) in [5.74, 6) is 2.03. The average molecular weight is 378 g/mol. The van der Waals surface area contributed by atoms with Crippen LogP contribution in [0.15, 0.2) is 33.8 Å². The largest absolute Gasteiger partial charge is 0.361 e. The zero-order valence-electron chi connectivity index (χ0n) is 15.8. The van der Waals surface area contributed by atoms with Crippen LogP contribution in [0.1, 0.15) is 37.2 Å². The van der Waals surface area contributed by atoms with E-state index in [9.17, 15) is 4.79 Å². The Balaban J connectivity index is 1.39. The number of amides is 1. The Morgan fingerprint density at radius 3 is 2.93 bits per heavy atom. The van der Waals surface area contributed by atoms with Gasteiger partial charge in [0.15, 0.2) is 11.7 Å². The highest BCUT2D eigenvalue weighted by molar-refractivity contribution is 6.38. The van der Waals surface area contributed by atoms with Gasteiger partial charge in [-0.1, -0.05) is 11.2 Å². The number of nitrogens with one attached hydrogen (secondary N) is 3. The highest BCUT2D eigenvalue weighted by Gasteiger charge is 2.31. The van der Waals surface area contributed by atoms with Crippen molar-refractivity contribution in [1.82, 2.24) is 25.8 Å². The molecule has 0 saturated heterocycles. The third kappa shape index (κ3) is 3.15. The molecular formula is C20H22N6O2. The molecule has 3 aromatic rings. The summed E-state index contributed by atoms with van der Waals surface area (Å²) in [6, 6.07) is 8.09. The van der Waals surface area contributed by atoms with Gasteiger partial charge in [-0.05, 0) is 56.4 Å². The molecule has 1 aliphatic carbocycles. The first-order chi connectivity index (χ1) is 13.6. The van der Waals surface area contributed by atoms with Crippen LogP contribution in [0.3, 0.4) is 0 Å². The van der Waals surface area contributed by atoms with Crippen molar-refractivity contribution in [3.8, 4) is 11.6 Å². The van der Waals surface area contributed by atoms with E-state index in [4.69, 9.17) is 4.52 Å². The summed E-state index contributed by atoms with van der Waals surface area (Å²) in [5, 5.41) is 11.1. The SMILES string of the molecule is Cc1noc(-c2cc3cc(C4N=C(C(=O)NCC5CC5)NC4C)ccc3[nH]2)n1. The Morgan fingerprint density at radius 1 is 1.32 bits per heavy atom. The molecule has 0 radical (unpaired) electrons. The first kappa shape index (κ1) is 17.0. The molecule has 1 fully saturated rings. The number of aromatic nitrogens is 3. The lowest BCUT2D eigenvalue weighted by molar-refractivity contribution is -0.115. The minimum Gasteiger partial charge on any atom is -0.361 e. The highest BCUT2D eigenvalue weighted by atomic mass is 16.5. The maximum atomic E-state index is 12.3. The van der Waals surface area contributed by atoms with E-state index in [-0.39, 0.29) is 18.0 Å². The van der Waals surface area contributed by atoms with E-state index < -0.39 is 0 Å². The van der Waals surface area contributed by atoms with Gasteiger partial charge in [0.25, 0.3) is 11.8 Å². The number of aromatic amines is 1. The molecule has 2 atom stereocenters. The van der Waals surface area contributed by atoms with Gasteiger partial charge in [0, 0.05) is 17.4 Å². The first-order valence-corrected chi connectivity index (χ1v) is 9.63. The molecule has 2 aromatic heterocycles. The predicted octanol–water partition coefficient (Wildman–Crippen LogP) is 2.48. The third-order valence-electron chi connectivity index (χ3n) is 5.31. The quantitative estimate of drug-likeness (QED) is 0.632. The van der Waals surface area contributed by atoms with Crippen molar-refractivity contribution in [3.63, 3.8) is 0 Å². The molecule has 1 aromatic carbocycles.